The number of fused-ring (bicyclic) bond motifs is 1. The zero-order valence-corrected chi connectivity index (χ0v) is 21.5. The van der Waals surface area contributed by atoms with Gasteiger partial charge in [0.05, 0.1) is 30.6 Å². The predicted octanol–water partition coefficient (Wildman–Crippen LogP) is 2.72. The van der Waals surface area contributed by atoms with Gasteiger partial charge in [-0.15, -0.1) is 0 Å². The van der Waals surface area contributed by atoms with Crippen molar-refractivity contribution in [2.45, 2.75) is 46.8 Å². The maximum atomic E-state index is 10.1. The minimum Gasteiger partial charge on any atom is -0.396 e. The number of rotatable bonds is 10. The number of benzene rings is 1. The van der Waals surface area contributed by atoms with Gasteiger partial charge in [0.1, 0.15) is 7.85 Å². The molecule has 0 amide bonds. The highest BCUT2D eigenvalue weighted by atomic mass is 16.5. The molecule has 6 nitrogen and oxygen atoms in total. The summed E-state index contributed by atoms with van der Waals surface area (Å²) in [6.45, 7) is 10.1. The lowest BCUT2D eigenvalue weighted by Gasteiger charge is -2.24. The molecule has 0 saturated carbocycles. The molecule has 35 heavy (non-hydrogen) atoms. The molecule has 0 saturated heterocycles. The fourth-order valence-electron chi connectivity index (χ4n) is 4.34. The number of nitrogens with zero attached hydrogens (tertiary/aromatic N) is 2. The van der Waals surface area contributed by atoms with Crippen LogP contribution >= 0.6 is 0 Å². The van der Waals surface area contributed by atoms with E-state index in [0.717, 1.165) is 45.5 Å². The molecule has 3 N–H and O–H groups in total. The van der Waals surface area contributed by atoms with Crippen LogP contribution in [0.4, 0.5) is 0 Å². The third-order valence-corrected chi connectivity index (χ3v) is 6.24. The molecular weight excluding hydrogens is 437 g/mol. The summed E-state index contributed by atoms with van der Waals surface area (Å²) in [4.78, 5) is 4.79. The summed E-state index contributed by atoms with van der Waals surface area (Å²) < 4.78 is 7.98. The largest absolute Gasteiger partial charge is 0.396 e. The molecule has 2 aromatic heterocycles. The van der Waals surface area contributed by atoms with Crippen molar-refractivity contribution in [1.29, 1.82) is 0 Å². The molecule has 0 aliphatic heterocycles. The van der Waals surface area contributed by atoms with Crippen molar-refractivity contribution in [2.75, 3.05) is 33.4 Å². The molecule has 1 aromatic carbocycles. The third kappa shape index (κ3) is 6.15. The predicted molar refractivity (Wildman–Crippen MR) is 143 cm³/mol. The fourth-order valence-corrected chi connectivity index (χ4v) is 4.34. The van der Waals surface area contributed by atoms with E-state index in [9.17, 15) is 5.11 Å². The number of aromatic nitrogens is 2. The average Bonchev–Trinajstić information content (AvgIpc) is 3.14. The Morgan fingerprint density at radius 3 is 2.69 bits per heavy atom. The zero-order chi connectivity index (χ0) is 25.6. The van der Waals surface area contributed by atoms with Crippen molar-refractivity contribution < 1.29 is 14.9 Å². The summed E-state index contributed by atoms with van der Waals surface area (Å²) in [5.74, 6) is 6.29. The Bertz CT molecular complexity index is 1220. The van der Waals surface area contributed by atoms with Gasteiger partial charge in [-0.3, -0.25) is 4.98 Å². The first kappa shape index (κ1) is 27.0. The van der Waals surface area contributed by atoms with E-state index in [1.165, 1.54) is 0 Å². The van der Waals surface area contributed by atoms with Gasteiger partial charge in [0.15, 0.2) is 0 Å². The van der Waals surface area contributed by atoms with E-state index in [-0.39, 0.29) is 24.7 Å². The minimum atomic E-state index is -0.317. The number of aliphatic hydroxyl groups excluding tert-OH is 2. The second-order valence-corrected chi connectivity index (χ2v) is 9.58. The topological polar surface area (TPSA) is 79.5 Å². The number of hydrogen-bond acceptors (Lipinski definition) is 5. The highest BCUT2D eigenvalue weighted by Crippen LogP contribution is 2.40. The first-order chi connectivity index (χ1) is 16.8. The molecule has 0 bridgehead atoms. The molecule has 0 aliphatic rings. The average molecular weight is 473 g/mol. The maximum absolute atomic E-state index is 10.1. The number of aliphatic hydroxyl groups is 2. The smallest absolute Gasteiger partial charge is 0.113 e. The lowest BCUT2D eigenvalue weighted by molar-refractivity contribution is 0.116. The van der Waals surface area contributed by atoms with Crippen molar-refractivity contribution in [3.63, 3.8) is 0 Å². The molecule has 0 spiro atoms. The van der Waals surface area contributed by atoms with Crippen LogP contribution in [0.5, 0.6) is 0 Å². The molecule has 1 atom stereocenters. The summed E-state index contributed by atoms with van der Waals surface area (Å²) >= 11 is 0. The van der Waals surface area contributed by atoms with Crippen molar-refractivity contribution in [3.05, 3.63) is 47.3 Å². The number of hydrogen-bond donors (Lipinski definition) is 3. The van der Waals surface area contributed by atoms with Gasteiger partial charge in [-0.2, -0.15) is 0 Å². The van der Waals surface area contributed by atoms with Crippen LogP contribution in [0.2, 0.25) is 0 Å². The second-order valence-electron chi connectivity index (χ2n) is 9.58. The van der Waals surface area contributed by atoms with Gasteiger partial charge >= 0.3 is 0 Å². The number of aryl methyl sites for hydroxylation is 1. The molecule has 7 heteroatoms. The summed E-state index contributed by atoms with van der Waals surface area (Å²) in [6, 6.07) is 8.10. The van der Waals surface area contributed by atoms with Crippen LogP contribution in [0.1, 0.15) is 50.6 Å². The van der Waals surface area contributed by atoms with Gasteiger partial charge in [0.2, 0.25) is 0 Å². The molecule has 0 aliphatic carbocycles. The Balaban J connectivity index is 2.30. The molecule has 184 valence electrons. The third-order valence-electron chi connectivity index (χ3n) is 6.24. The van der Waals surface area contributed by atoms with Gasteiger partial charge < -0.3 is 24.8 Å². The van der Waals surface area contributed by atoms with Gasteiger partial charge in [-0.05, 0) is 43.4 Å². The quantitative estimate of drug-likeness (QED) is 0.240. The first-order valence-electron chi connectivity index (χ1n) is 12.1. The molecular formula is C28H36BN3O3. The summed E-state index contributed by atoms with van der Waals surface area (Å²) in [5, 5.41) is 23.2. The van der Waals surface area contributed by atoms with Crippen molar-refractivity contribution in [2.24, 2.45) is 5.41 Å². The van der Waals surface area contributed by atoms with E-state index in [4.69, 9.17) is 22.7 Å². The maximum Gasteiger partial charge on any atom is 0.113 e. The Kier molecular flexibility index (Phi) is 9.15. The Hall–Kier alpha value is -2.63. The van der Waals surface area contributed by atoms with Crippen molar-refractivity contribution >= 4 is 24.2 Å². The monoisotopic (exact) mass is 473 g/mol. The second kappa shape index (κ2) is 11.9. The van der Waals surface area contributed by atoms with E-state index >= 15 is 0 Å². The van der Waals surface area contributed by atoms with Crippen LogP contribution in [0.3, 0.4) is 0 Å². The van der Waals surface area contributed by atoms with E-state index in [1.54, 1.807) is 13.3 Å². The standard InChI is InChI=1S/C28H36BN3O3/c1-6-32-25-10-9-21(29)15-22(25)24(16-28(3,4)18-34)27(32)23-14-20(8-7-11-30-12-13-33)17-31-26(23)19(2)35-5/h9-10,14-15,17,19,30,33-34H,6,11-13,16,18H2,1-5H3/t19-/m0/s1. The number of ether oxygens (including phenoxy) is 1. The number of nitrogens with one attached hydrogen (secondary N) is 1. The fraction of sp³-hybridized carbons (Fsp3) is 0.464. The van der Waals surface area contributed by atoms with Crippen LogP contribution < -0.4 is 10.8 Å². The van der Waals surface area contributed by atoms with E-state index in [1.807, 2.05) is 19.1 Å². The first-order valence-corrected chi connectivity index (χ1v) is 12.1. The van der Waals surface area contributed by atoms with E-state index < -0.39 is 0 Å². The summed E-state index contributed by atoms with van der Waals surface area (Å²) in [5.41, 5.74) is 6.29. The molecule has 2 heterocycles. The number of pyridine rings is 1. The van der Waals surface area contributed by atoms with Crippen LogP contribution in [-0.2, 0) is 17.7 Å². The van der Waals surface area contributed by atoms with Crippen LogP contribution in [-0.4, -0.2) is 61.0 Å². The lowest BCUT2D eigenvalue weighted by Crippen LogP contribution is -2.20. The van der Waals surface area contributed by atoms with Crippen LogP contribution in [0.25, 0.3) is 22.2 Å². The molecule has 3 rings (SSSR count). The summed E-state index contributed by atoms with van der Waals surface area (Å²) in [7, 11) is 7.89. The molecule has 0 unspecified atom stereocenters. The highest BCUT2D eigenvalue weighted by molar-refractivity contribution is 6.33. The van der Waals surface area contributed by atoms with Gasteiger partial charge in [-0.1, -0.05) is 43.3 Å². The summed E-state index contributed by atoms with van der Waals surface area (Å²) in [6.07, 6.45) is 2.24. The van der Waals surface area contributed by atoms with Crippen molar-refractivity contribution in [1.82, 2.24) is 14.9 Å². The Morgan fingerprint density at radius 2 is 2.03 bits per heavy atom. The van der Waals surface area contributed by atoms with Crippen LogP contribution in [0.15, 0.2) is 30.5 Å². The Morgan fingerprint density at radius 1 is 1.26 bits per heavy atom. The number of methoxy groups -OCH3 is 1. The minimum absolute atomic E-state index is 0.0689. The molecule has 0 fully saturated rings. The van der Waals surface area contributed by atoms with E-state index in [0.29, 0.717) is 25.0 Å². The highest BCUT2D eigenvalue weighted by Gasteiger charge is 2.27. The van der Waals surface area contributed by atoms with Crippen molar-refractivity contribution in [3.8, 4) is 23.1 Å². The SMILES string of the molecule is [B]c1ccc2c(c1)c(CC(C)(C)CO)c(-c1cc(C#CCNCCO)cnc1[C@H](C)OC)n2CC. The molecule has 2 radical (unpaired) electrons. The van der Waals surface area contributed by atoms with Gasteiger partial charge in [0, 0.05) is 55.0 Å². The lowest BCUT2D eigenvalue weighted by atomic mass is 9.83. The van der Waals surface area contributed by atoms with Gasteiger partial charge in [-0.25, -0.2) is 0 Å². The molecule has 3 aromatic rings. The zero-order valence-electron chi connectivity index (χ0n) is 21.5. The van der Waals surface area contributed by atoms with E-state index in [2.05, 4.69) is 54.6 Å². The Labute approximate surface area is 210 Å². The normalized spacial score (nSPS) is 12.5. The van der Waals surface area contributed by atoms with Crippen LogP contribution in [0, 0.1) is 17.3 Å². The van der Waals surface area contributed by atoms with Gasteiger partial charge in [0.25, 0.3) is 0 Å².